The maximum atomic E-state index is 6.14. The predicted molar refractivity (Wildman–Crippen MR) is 72.7 cm³/mol. The minimum atomic E-state index is -0.0280. The number of fused-ring (bicyclic) bond motifs is 1. The number of rotatable bonds is 2. The maximum absolute atomic E-state index is 6.14. The molecule has 0 spiro atoms. The second-order valence-electron chi connectivity index (χ2n) is 5.12. The maximum Gasteiger partial charge on any atom is 0.185 e. The van der Waals surface area contributed by atoms with Crippen LogP contribution in [0.2, 0.25) is 0 Å². The van der Waals surface area contributed by atoms with E-state index in [9.17, 15) is 0 Å². The van der Waals surface area contributed by atoms with Crippen molar-refractivity contribution >= 4 is 0 Å². The molecule has 0 bridgehead atoms. The molecular weight excluding hydrogens is 240 g/mol. The van der Waals surface area contributed by atoms with Crippen LogP contribution in [-0.4, -0.2) is 21.9 Å². The Morgan fingerprint density at radius 1 is 1.37 bits per heavy atom. The highest BCUT2D eigenvalue weighted by molar-refractivity contribution is 5.63. The topological polar surface area (TPSA) is 66.0 Å². The molecule has 100 valence electrons. The van der Waals surface area contributed by atoms with Crippen LogP contribution in [0.25, 0.3) is 11.4 Å². The standard InChI is InChI=1S/C14H18N4O/c1-9-7-11(15)14-16-13(17-18(14)8-9)10-5-3-4-6-12(10)19-2/h3-6,9,11H,7-8,15H2,1-2H3. The molecule has 2 unspecified atom stereocenters. The number of aromatic nitrogens is 3. The fourth-order valence-corrected chi connectivity index (χ4v) is 2.61. The molecule has 1 aromatic heterocycles. The van der Waals surface area contributed by atoms with Crippen molar-refractivity contribution in [1.82, 2.24) is 14.8 Å². The Labute approximate surface area is 112 Å². The summed E-state index contributed by atoms with van der Waals surface area (Å²) in [7, 11) is 1.66. The molecule has 0 aliphatic carbocycles. The van der Waals surface area contributed by atoms with E-state index < -0.39 is 0 Å². The fraction of sp³-hybridized carbons (Fsp3) is 0.429. The molecule has 0 saturated heterocycles. The first-order chi connectivity index (χ1) is 9.19. The Morgan fingerprint density at radius 2 is 2.16 bits per heavy atom. The van der Waals surface area contributed by atoms with Crippen molar-refractivity contribution in [1.29, 1.82) is 0 Å². The van der Waals surface area contributed by atoms with Crippen molar-refractivity contribution in [3.63, 3.8) is 0 Å². The molecule has 2 N–H and O–H groups in total. The Hall–Kier alpha value is -1.88. The number of hydrogen-bond donors (Lipinski definition) is 1. The van der Waals surface area contributed by atoms with Crippen molar-refractivity contribution in [3.8, 4) is 17.1 Å². The van der Waals surface area contributed by atoms with Gasteiger partial charge in [-0.3, -0.25) is 0 Å². The third kappa shape index (κ3) is 2.10. The highest BCUT2D eigenvalue weighted by Gasteiger charge is 2.26. The van der Waals surface area contributed by atoms with E-state index in [4.69, 9.17) is 10.5 Å². The molecule has 3 rings (SSSR count). The molecule has 19 heavy (non-hydrogen) atoms. The van der Waals surface area contributed by atoms with Crippen LogP contribution in [0.1, 0.15) is 25.2 Å². The number of hydrogen-bond acceptors (Lipinski definition) is 4. The van der Waals surface area contributed by atoms with Crippen LogP contribution in [0.4, 0.5) is 0 Å². The van der Waals surface area contributed by atoms with Gasteiger partial charge in [0.1, 0.15) is 11.6 Å². The third-order valence-corrected chi connectivity index (χ3v) is 3.52. The van der Waals surface area contributed by atoms with Crippen LogP contribution in [0.3, 0.4) is 0 Å². The summed E-state index contributed by atoms with van der Waals surface area (Å²) in [4.78, 5) is 4.59. The first-order valence-electron chi connectivity index (χ1n) is 6.52. The first kappa shape index (κ1) is 12.2. The van der Waals surface area contributed by atoms with Crippen molar-refractivity contribution in [2.75, 3.05) is 7.11 Å². The lowest BCUT2D eigenvalue weighted by atomic mass is 9.98. The summed E-state index contributed by atoms with van der Waals surface area (Å²) in [6.07, 6.45) is 0.962. The summed E-state index contributed by atoms with van der Waals surface area (Å²) in [5.41, 5.74) is 7.05. The predicted octanol–water partition coefficient (Wildman–Crippen LogP) is 1.99. The van der Waals surface area contributed by atoms with Gasteiger partial charge in [-0.15, -0.1) is 0 Å². The Bertz CT molecular complexity index is 593. The van der Waals surface area contributed by atoms with E-state index >= 15 is 0 Å². The highest BCUT2D eigenvalue weighted by atomic mass is 16.5. The second-order valence-corrected chi connectivity index (χ2v) is 5.12. The summed E-state index contributed by atoms with van der Waals surface area (Å²) in [6.45, 7) is 3.07. The van der Waals surface area contributed by atoms with E-state index in [1.807, 2.05) is 28.9 Å². The Morgan fingerprint density at radius 3 is 2.95 bits per heavy atom. The zero-order valence-corrected chi connectivity index (χ0v) is 11.2. The molecule has 2 aromatic rings. The van der Waals surface area contributed by atoms with Gasteiger partial charge in [0.25, 0.3) is 0 Å². The lowest BCUT2D eigenvalue weighted by Crippen LogP contribution is -2.27. The molecule has 0 radical (unpaired) electrons. The molecule has 0 saturated carbocycles. The summed E-state index contributed by atoms with van der Waals surface area (Å²) >= 11 is 0. The molecule has 1 aromatic carbocycles. The summed E-state index contributed by atoms with van der Waals surface area (Å²) in [5.74, 6) is 2.89. The number of nitrogens with two attached hydrogens (primary N) is 1. The van der Waals surface area contributed by atoms with Gasteiger partial charge in [0.05, 0.1) is 18.7 Å². The summed E-state index contributed by atoms with van der Waals surface area (Å²) < 4.78 is 7.29. The van der Waals surface area contributed by atoms with E-state index in [1.54, 1.807) is 7.11 Å². The van der Waals surface area contributed by atoms with E-state index in [-0.39, 0.29) is 6.04 Å². The van der Waals surface area contributed by atoms with Gasteiger partial charge in [0.2, 0.25) is 0 Å². The van der Waals surface area contributed by atoms with E-state index in [0.29, 0.717) is 11.7 Å². The van der Waals surface area contributed by atoms with Crippen LogP contribution < -0.4 is 10.5 Å². The average molecular weight is 258 g/mol. The molecule has 2 heterocycles. The van der Waals surface area contributed by atoms with Crippen LogP contribution in [-0.2, 0) is 6.54 Å². The average Bonchev–Trinajstić information content (AvgIpc) is 2.82. The largest absolute Gasteiger partial charge is 0.496 e. The quantitative estimate of drug-likeness (QED) is 0.894. The van der Waals surface area contributed by atoms with Crippen molar-refractivity contribution in [2.24, 2.45) is 11.7 Å². The zero-order valence-electron chi connectivity index (χ0n) is 11.2. The third-order valence-electron chi connectivity index (χ3n) is 3.52. The molecule has 1 aliphatic rings. The van der Waals surface area contributed by atoms with Crippen molar-refractivity contribution in [2.45, 2.75) is 25.9 Å². The van der Waals surface area contributed by atoms with Crippen LogP contribution in [0, 0.1) is 5.92 Å². The van der Waals surface area contributed by atoms with Crippen molar-refractivity contribution in [3.05, 3.63) is 30.1 Å². The number of ether oxygens (including phenoxy) is 1. The molecule has 5 heteroatoms. The molecule has 1 aliphatic heterocycles. The number of benzene rings is 1. The van der Waals surface area contributed by atoms with Gasteiger partial charge >= 0.3 is 0 Å². The lowest BCUT2D eigenvalue weighted by molar-refractivity contribution is 0.325. The van der Waals surface area contributed by atoms with Gasteiger partial charge in [0.15, 0.2) is 5.82 Å². The van der Waals surface area contributed by atoms with Gasteiger partial charge in [-0.2, -0.15) is 5.10 Å². The summed E-state index contributed by atoms with van der Waals surface area (Å²) in [6, 6.07) is 7.75. The normalized spacial score (nSPS) is 22.1. The smallest absolute Gasteiger partial charge is 0.185 e. The first-order valence-corrected chi connectivity index (χ1v) is 6.52. The van der Waals surface area contributed by atoms with Crippen molar-refractivity contribution < 1.29 is 4.74 Å². The molecule has 0 amide bonds. The minimum absolute atomic E-state index is 0.0280. The Balaban J connectivity index is 2.06. The van der Waals surface area contributed by atoms with Gasteiger partial charge < -0.3 is 10.5 Å². The van der Waals surface area contributed by atoms with Gasteiger partial charge in [0, 0.05) is 6.54 Å². The van der Waals surface area contributed by atoms with Crippen LogP contribution in [0.5, 0.6) is 5.75 Å². The Kier molecular flexibility index (Phi) is 2.98. The minimum Gasteiger partial charge on any atom is -0.496 e. The van der Waals surface area contributed by atoms with E-state index in [2.05, 4.69) is 17.0 Å². The molecule has 5 nitrogen and oxygen atoms in total. The van der Waals surface area contributed by atoms with E-state index in [0.717, 1.165) is 30.1 Å². The zero-order chi connectivity index (χ0) is 13.4. The number of nitrogens with zero attached hydrogens (tertiary/aromatic N) is 3. The van der Waals surface area contributed by atoms with Crippen LogP contribution >= 0.6 is 0 Å². The van der Waals surface area contributed by atoms with Gasteiger partial charge in [-0.1, -0.05) is 19.1 Å². The monoisotopic (exact) mass is 258 g/mol. The lowest BCUT2D eigenvalue weighted by Gasteiger charge is -2.23. The number of para-hydroxylation sites is 1. The van der Waals surface area contributed by atoms with E-state index in [1.165, 1.54) is 0 Å². The number of methoxy groups -OCH3 is 1. The van der Waals surface area contributed by atoms with Gasteiger partial charge in [-0.05, 0) is 24.5 Å². The second kappa shape index (κ2) is 4.66. The highest BCUT2D eigenvalue weighted by Crippen LogP contribution is 2.31. The molecular formula is C14H18N4O. The summed E-state index contributed by atoms with van der Waals surface area (Å²) in [5, 5.41) is 4.58. The SMILES string of the molecule is COc1ccccc1-c1nc2n(n1)CC(C)CC2N. The van der Waals surface area contributed by atoms with Crippen LogP contribution in [0.15, 0.2) is 24.3 Å². The molecule has 2 atom stereocenters. The molecule has 0 fully saturated rings. The fourth-order valence-electron chi connectivity index (χ4n) is 2.61. The van der Waals surface area contributed by atoms with Gasteiger partial charge in [-0.25, -0.2) is 9.67 Å².